The Labute approximate surface area is 163 Å². The molecule has 2 aliphatic rings. The van der Waals surface area contributed by atoms with Gasteiger partial charge in [-0.05, 0) is 38.3 Å². The fourth-order valence-electron chi connectivity index (χ4n) is 3.22. The maximum absolute atomic E-state index is 12.2. The molecular formula is C17H26IN3O2S. The standard InChI is InChI=1S/C17H25N3O2S.HI/c1-2-18-17(20-15-12-13-8-9-16(15)22-13)19-10-11-23(21)14-6-4-3-5-7-14;/h3-7,13,15-16H,2,8-12H2,1H3,(H2,18,19,20);1H. The predicted molar refractivity (Wildman–Crippen MR) is 109 cm³/mol. The molecule has 0 spiro atoms. The van der Waals surface area contributed by atoms with Crippen molar-refractivity contribution in [3.05, 3.63) is 30.3 Å². The monoisotopic (exact) mass is 463 g/mol. The quantitative estimate of drug-likeness (QED) is 0.386. The molecule has 2 bridgehead atoms. The molecule has 4 unspecified atom stereocenters. The van der Waals surface area contributed by atoms with Gasteiger partial charge in [-0.3, -0.25) is 9.20 Å². The smallest absolute Gasteiger partial charge is 0.191 e. The third-order valence-electron chi connectivity index (χ3n) is 4.33. The zero-order valence-electron chi connectivity index (χ0n) is 13.9. The number of benzene rings is 1. The number of guanidine groups is 1. The van der Waals surface area contributed by atoms with Gasteiger partial charge in [0, 0.05) is 17.2 Å². The molecule has 0 radical (unpaired) electrons. The van der Waals surface area contributed by atoms with Gasteiger partial charge in [0.2, 0.25) is 0 Å². The highest BCUT2D eigenvalue weighted by molar-refractivity contribution is 14.0. The number of nitrogens with zero attached hydrogens (tertiary/aromatic N) is 1. The lowest BCUT2D eigenvalue weighted by Gasteiger charge is -2.22. The molecule has 2 saturated heterocycles. The third-order valence-corrected chi connectivity index (χ3v) is 5.68. The van der Waals surface area contributed by atoms with Crippen molar-refractivity contribution in [3.63, 3.8) is 0 Å². The minimum absolute atomic E-state index is 0. The molecular weight excluding hydrogens is 437 g/mol. The first-order valence-electron chi connectivity index (χ1n) is 8.40. The molecule has 5 nitrogen and oxygen atoms in total. The van der Waals surface area contributed by atoms with Crippen LogP contribution in [0.3, 0.4) is 0 Å². The van der Waals surface area contributed by atoms with Gasteiger partial charge in [0.15, 0.2) is 5.96 Å². The topological polar surface area (TPSA) is 62.7 Å². The van der Waals surface area contributed by atoms with Crippen molar-refractivity contribution < 1.29 is 8.95 Å². The van der Waals surface area contributed by atoms with Crippen LogP contribution in [0.2, 0.25) is 0 Å². The molecule has 0 saturated carbocycles. The molecule has 2 heterocycles. The molecule has 3 rings (SSSR count). The Balaban J connectivity index is 0.00000208. The fourth-order valence-corrected chi connectivity index (χ4v) is 4.17. The van der Waals surface area contributed by atoms with E-state index in [-0.39, 0.29) is 24.0 Å². The summed E-state index contributed by atoms with van der Waals surface area (Å²) in [7, 11) is -0.997. The Morgan fingerprint density at radius 2 is 2.12 bits per heavy atom. The molecule has 4 atom stereocenters. The van der Waals surface area contributed by atoms with Crippen LogP contribution in [0.1, 0.15) is 26.2 Å². The van der Waals surface area contributed by atoms with Crippen molar-refractivity contribution in [2.45, 2.75) is 49.3 Å². The Hall–Kier alpha value is -0.670. The molecule has 134 valence electrons. The number of rotatable bonds is 6. The molecule has 2 fully saturated rings. The number of hydrogen-bond donors (Lipinski definition) is 2. The summed E-state index contributed by atoms with van der Waals surface area (Å²) in [6.45, 7) is 3.41. The largest absolute Gasteiger partial charge is 0.373 e. The number of halogens is 1. The second-order valence-corrected chi connectivity index (χ2v) is 7.55. The number of ether oxygens (including phenoxy) is 1. The van der Waals surface area contributed by atoms with Crippen molar-refractivity contribution in [1.29, 1.82) is 0 Å². The lowest BCUT2D eigenvalue weighted by atomic mass is 9.96. The lowest BCUT2D eigenvalue weighted by molar-refractivity contribution is 0.0992. The molecule has 24 heavy (non-hydrogen) atoms. The van der Waals surface area contributed by atoms with E-state index in [0.717, 1.165) is 30.2 Å². The van der Waals surface area contributed by atoms with Gasteiger partial charge in [0.05, 0.1) is 35.6 Å². The van der Waals surface area contributed by atoms with Gasteiger partial charge in [-0.1, -0.05) is 18.2 Å². The summed E-state index contributed by atoms with van der Waals surface area (Å²) in [5.41, 5.74) is 0. The van der Waals surface area contributed by atoms with Crippen LogP contribution in [-0.2, 0) is 15.5 Å². The molecule has 0 aliphatic carbocycles. The normalized spacial score (nSPS) is 26.7. The highest BCUT2D eigenvalue weighted by Gasteiger charge is 2.41. The lowest BCUT2D eigenvalue weighted by Crippen LogP contribution is -2.47. The summed E-state index contributed by atoms with van der Waals surface area (Å²) in [5, 5.41) is 6.74. The number of aliphatic imine (C=N–C) groups is 1. The van der Waals surface area contributed by atoms with Crippen LogP contribution in [0, 0.1) is 0 Å². The minimum atomic E-state index is -0.997. The van der Waals surface area contributed by atoms with E-state index >= 15 is 0 Å². The fraction of sp³-hybridized carbons (Fsp3) is 0.588. The van der Waals surface area contributed by atoms with Gasteiger partial charge in [-0.15, -0.1) is 24.0 Å². The molecule has 2 N–H and O–H groups in total. The highest BCUT2D eigenvalue weighted by Crippen LogP contribution is 2.34. The van der Waals surface area contributed by atoms with Gasteiger partial charge in [0.25, 0.3) is 0 Å². The Morgan fingerprint density at radius 1 is 1.33 bits per heavy atom. The molecule has 7 heteroatoms. The third kappa shape index (κ3) is 5.16. The van der Waals surface area contributed by atoms with E-state index in [4.69, 9.17) is 4.74 Å². The Morgan fingerprint density at radius 3 is 2.75 bits per heavy atom. The molecule has 1 aromatic carbocycles. The summed E-state index contributed by atoms with van der Waals surface area (Å²) in [5.74, 6) is 1.34. The van der Waals surface area contributed by atoms with E-state index in [1.807, 2.05) is 30.3 Å². The van der Waals surface area contributed by atoms with Crippen molar-refractivity contribution in [2.24, 2.45) is 4.99 Å². The second kappa shape index (κ2) is 9.72. The minimum Gasteiger partial charge on any atom is -0.373 e. The van der Waals surface area contributed by atoms with Crippen LogP contribution < -0.4 is 10.6 Å². The van der Waals surface area contributed by atoms with Crippen molar-refractivity contribution >= 4 is 40.7 Å². The summed E-state index contributed by atoms with van der Waals surface area (Å²) < 4.78 is 18.1. The van der Waals surface area contributed by atoms with Crippen LogP contribution in [0.25, 0.3) is 0 Å². The van der Waals surface area contributed by atoms with Gasteiger partial charge >= 0.3 is 0 Å². The van der Waals surface area contributed by atoms with Crippen LogP contribution in [0.5, 0.6) is 0 Å². The zero-order chi connectivity index (χ0) is 16.1. The Bertz CT molecular complexity index is 570. The summed E-state index contributed by atoms with van der Waals surface area (Å²) in [6, 6.07) is 9.91. The van der Waals surface area contributed by atoms with Crippen molar-refractivity contribution in [1.82, 2.24) is 10.6 Å². The molecule has 2 aliphatic heterocycles. The zero-order valence-corrected chi connectivity index (χ0v) is 17.1. The van der Waals surface area contributed by atoms with Crippen molar-refractivity contribution in [2.75, 3.05) is 18.8 Å². The predicted octanol–water partition coefficient (Wildman–Crippen LogP) is 2.29. The average molecular weight is 463 g/mol. The van der Waals surface area contributed by atoms with Gasteiger partial charge in [-0.2, -0.15) is 0 Å². The number of fused-ring (bicyclic) bond motifs is 2. The molecule has 1 aromatic rings. The maximum Gasteiger partial charge on any atom is 0.191 e. The first kappa shape index (κ1) is 19.7. The first-order chi connectivity index (χ1) is 11.3. The van der Waals surface area contributed by atoms with E-state index in [0.29, 0.717) is 30.5 Å². The molecule has 0 amide bonds. The first-order valence-corrected chi connectivity index (χ1v) is 9.72. The van der Waals surface area contributed by atoms with Crippen LogP contribution >= 0.6 is 24.0 Å². The van der Waals surface area contributed by atoms with E-state index < -0.39 is 10.8 Å². The van der Waals surface area contributed by atoms with Gasteiger partial charge in [0.1, 0.15) is 0 Å². The average Bonchev–Trinajstić information content (AvgIpc) is 3.18. The maximum atomic E-state index is 12.2. The summed E-state index contributed by atoms with van der Waals surface area (Å²) in [6.07, 6.45) is 4.13. The van der Waals surface area contributed by atoms with Crippen molar-refractivity contribution in [3.8, 4) is 0 Å². The summed E-state index contributed by atoms with van der Waals surface area (Å²) in [4.78, 5) is 5.43. The van der Waals surface area contributed by atoms with Gasteiger partial charge in [-0.25, -0.2) is 0 Å². The number of hydrogen-bond acceptors (Lipinski definition) is 3. The SMILES string of the molecule is CCNC(=NCCS(=O)c1ccccc1)NC1CC2CCC1O2.I. The van der Waals surface area contributed by atoms with E-state index in [9.17, 15) is 4.21 Å². The van der Waals surface area contributed by atoms with Crippen LogP contribution in [0.15, 0.2) is 40.2 Å². The van der Waals surface area contributed by atoms with E-state index in [1.165, 1.54) is 6.42 Å². The number of nitrogens with one attached hydrogen (secondary N) is 2. The second-order valence-electron chi connectivity index (χ2n) is 5.98. The van der Waals surface area contributed by atoms with E-state index in [1.54, 1.807) is 0 Å². The Kier molecular flexibility index (Phi) is 7.96. The van der Waals surface area contributed by atoms with Crippen LogP contribution in [-0.4, -0.2) is 47.3 Å². The molecule has 0 aromatic heterocycles. The highest BCUT2D eigenvalue weighted by atomic mass is 127. The summed E-state index contributed by atoms with van der Waals surface area (Å²) >= 11 is 0. The van der Waals surface area contributed by atoms with E-state index in [2.05, 4.69) is 22.5 Å². The van der Waals surface area contributed by atoms with Crippen LogP contribution in [0.4, 0.5) is 0 Å². The van der Waals surface area contributed by atoms with Gasteiger partial charge < -0.3 is 15.4 Å².